The summed E-state index contributed by atoms with van der Waals surface area (Å²) < 4.78 is 17.8. The van der Waals surface area contributed by atoms with Crippen molar-refractivity contribution in [2.45, 2.75) is 13.2 Å². The second-order valence-corrected chi connectivity index (χ2v) is 7.48. The summed E-state index contributed by atoms with van der Waals surface area (Å²) in [5.41, 5.74) is 3.34. The molecule has 0 atom stereocenters. The van der Waals surface area contributed by atoms with Crippen LogP contribution in [0.15, 0.2) is 77.3 Å². The summed E-state index contributed by atoms with van der Waals surface area (Å²) in [5, 5.41) is 0. The fourth-order valence-corrected chi connectivity index (χ4v) is 3.64. The minimum Gasteiger partial charge on any atom is -0.488 e. The van der Waals surface area contributed by atoms with Crippen molar-refractivity contribution in [2.24, 2.45) is 0 Å². The molecule has 1 aliphatic heterocycles. The lowest BCUT2D eigenvalue weighted by Crippen LogP contribution is -2.12. The molecule has 0 saturated carbocycles. The molecule has 29 heavy (non-hydrogen) atoms. The molecule has 146 valence electrons. The third kappa shape index (κ3) is 4.75. The molecule has 0 spiro atoms. The fraction of sp³-hybridized carbons (Fsp3) is 0.125. The Hall–Kier alpha value is -2.89. The fourth-order valence-electron chi connectivity index (χ4n) is 3.12. The number of carbonyl (C=O) groups excluding carboxylic acids is 1. The van der Waals surface area contributed by atoms with Crippen LogP contribution in [0.25, 0.3) is 6.08 Å². The van der Waals surface area contributed by atoms with Gasteiger partial charge in [0, 0.05) is 15.6 Å². The number of para-hydroxylation sites is 1. The second-order valence-electron chi connectivity index (χ2n) is 6.56. The third-order valence-electron chi connectivity index (χ3n) is 4.51. The summed E-state index contributed by atoms with van der Waals surface area (Å²) in [4.78, 5) is 12.9. The summed E-state index contributed by atoms with van der Waals surface area (Å²) in [6.45, 7) is 1.10. The van der Waals surface area contributed by atoms with Gasteiger partial charge in [-0.25, -0.2) is 0 Å². The molecule has 0 saturated heterocycles. The van der Waals surface area contributed by atoms with Gasteiger partial charge in [-0.1, -0.05) is 58.4 Å². The summed E-state index contributed by atoms with van der Waals surface area (Å²) in [6, 6.07) is 21.0. The highest BCUT2D eigenvalue weighted by Crippen LogP contribution is 2.33. The quantitative estimate of drug-likeness (QED) is 0.352. The van der Waals surface area contributed by atoms with Crippen LogP contribution in [-0.2, 0) is 18.0 Å². The second kappa shape index (κ2) is 9.07. The van der Waals surface area contributed by atoms with Gasteiger partial charge in [0.05, 0.1) is 12.2 Å². The molecule has 4 rings (SSSR count). The van der Waals surface area contributed by atoms with E-state index in [2.05, 4.69) is 15.9 Å². The van der Waals surface area contributed by atoms with Crippen LogP contribution in [0.2, 0.25) is 0 Å². The van der Waals surface area contributed by atoms with Crippen LogP contribution in [0.4, 0.5) is 0 Å². The number of ether oxygens (including phenoxy) is 3. The molecule has 0 aliphatic carbocycles. The van der Waals surface area contributed by atoms with Crippen LogP contribution in [0.5, 0.6) is 11.5 Å². The summed E-state index contributed by atoms with van der Waals surface area (Å²) in [6.07, 6.45) is 3.32. The minimum absolute atomic E-state index is 0.130. The number of hydrogen-bond acceptors (Lipinski definition) is 4. The lowest BCUT2D eigenvalue weighted by molar-refractivity contribution is -0.0165. The number of rotatable bonds is 6. The average Bonchev–Trinajstić information content (AvgIpc) is 2.76. The highest BCUT2D eigenvalue weighted by molar-refractivity contribution is 9.10. The zero-order valence-electron chi connectivity index (χ0n) is 15.6. The number of carbonyl (C=O) groups is 1. The van der Waals surface area contributed by atoms with Crippen molar-refractivity contribution >= 4 is 27.8 Å². The minimum atomic E-state index is -0.130. The molecule has 0 aromatic heterocycles. The number of benzene rings is 3. The van der Waals surface area contributed by atoms with Crippen molar-refractivity contribution in [2.75, 3.05) is 6.79 Å². The summed E-state index contributed by atoms with van der Waals surface area (Å²) in [5.74, 6) is 1.18. The standard InChI is InChI=1S/C24H19BrO4/c25-20-12-18(24-19(13-20)15-27-16-29-24)10-11-22(26)21-8-4-5-9-23(21)28-14-17-6-2-1-3-7-17/h1-13H,14-16H2/b11-10+. The first kappa shape index (κ1) is 19.4. The monoisotopic (exact) mass is 450 g/mol. The van der Waals surface area contributed by atoms with E-state index in [0.29, 0.717) is 24.5 Å². The predicted octanol–water partition coefficient (Wildman–Crippen LogP) is 5.79. The Kier molecular flexibility index (Phi) is 6.08. The normalized spacial score (nSPS) is 13.0. The van der Waals surface area contributed by atoms with E-state index in [0.717, 1.165) is 26.9 Å². The van der Waals surface area contributed by atoms with E-state index in [-0.39, 0.29) is 12.6 Å². The Bertz CT molecular complexity index is 1040. The maximum absolute atomic E-state index is 12.9. The molecule has 1 aliphatic rings. The van der Waals surface area contributed by atoms with Crippen LogP contribution in [0.3, 0.4) is 0 Å². The molecule has 0 bridgehead atoms. The van der Waals surface area contributed by atoms with Crippen molar-refractivity contribution in [1.82, 2.24) is 0 Å². The van der Waals surface area contributed by atoms with Crippen LogP contribution in [0.1, 0.15) is 27.0 Å². The van der Waals surface area contributed by atoms with Gasteiger partial charge >= 0.3 is 0 Å². The smallest absolute Gasteiger partial charge is 0.189 e. The van der Waals surface area contributed by atoms with Crippen LogP contribution in [-0.4, -0.2) is 12.6 Å². The molecular formula is C24H19BrO4. The molecular weight excluding hydrogens is 432 g/mol. The molecule has 0 radical (unpaired) electrons. The number of fused-ring (bicyclic) bond motifs is 1. The maximum Gasteiger partial charge on any atom is 0.189 e. The van der Waals surface area contributed by atoms with Crippen molar-refractivity contribution in [3.63, 3.8) is 0 Å². The van der Waals surface area contributed by atoms with Gasteiger partial charge in [0.15, 0.2) is 12.6 Å². The number of hydrogen-bond donors (Lipinski definition) is 0. The van der Waals surface area contributed by atoms with Gasteiger partial charge in [-0.3, -0.25) is 4.79 Å². The zero-order chi connectivity index (χ0) is 20.1. The van der Waals surface area contributed by atoms with Gasteiger partial charge < -0.3 is 14.2 Å². The van der Waals surface area contributed by atoms with Gasteiger partial charge in [0.1, 0.15) is 18.1 Å². The zero-order valence-corrected chi connectivity index (χ0v) is 17.2. The van der Waals surface area contributed by atoms with Crippen LogP contribution >= 0.6 is 15.9 Å². The largest absolute Gasteiger partial charge is 0.488 e. The van der Waals surface area contributed by atoms with Crippen molar-refractivity contribution in [3.8, 4) is 11.5 Å². The molecule has 3 aromatic rings. The average molecular weight is 451 g/mol. The number of ketones is 1. The van der Waals surface area contributed by atoms with Crippen molar-refractivity contribution in [3.05, 3.63) is 99.5 Å². The molecule has 0 N–H and O–H groups in total. The highest BCUT2D eigenvalue weighted by atomic mass is 79.9. The number of allylic oxidation sites excluding steroid dienone is 1. The third-order valence-corrected chi connectivity index (χ3v) is 4.97. The highest BCUT2D eigenvalue weighted by Gasteiger charge is 2.16. The lowest BCUT2D eigenvalue weighted by atomic mass is 10.1. The van der Waals surface area contributed by atoms with Gasteiger partial charge in [0.25, 0.3) is 0 Å². The van der Waals surface area contributed by atoms with E-state index in [1.807, 2.05) is 60.7 Å². The van der Waals surface area contributed by atoms with Crippen molar-refractivity contribution < 1.29 is 19.0 Å². The topological polar surface area (TPSA) is 44.8 Å². The van der Waals surface area contributed by atoms with Gasteiger partial charge in [-0.15, -0.1) is 0 Å². The van der Waals surface area contributed by atoms with Crippen molar-refractivity contribution in [1.29, 1.82) is 0 Å². The van der Waals surface area contributed by atoms with Crippen LogP contribution < -0.4 is 9.47 Å². The van der Waals surface area contributed by atoms with Crippen LogP contribution in [0, 0.1) is 0 Å². The first-order valence-electron chi connectivity index (χ1n) is 9.22. The summed E-state index contributed by atoms with van der Waals surface area (Å²) >= 11 is 3.50. The van der Waals surface area contributed by atoms with E-state index < -0.39 is 0 Å². The van der Waals surface area contributed by atoms with E-state index in [9.17, 15) is 4.79 Å². The first-order valence-corrected chi connectivity index (χ1v) is 10.0. The Morgan fingerprint density at radius 2 is 1.86 bits per heavy atom. The van der Waals surface area contributed by atoms with Gasteiger partial charge in [-0.2, -0.15) is 0 Å². The molecule has 3 aromatic carbocycles. The summed E-state index contributed by atoms with van der Waals surface area (Å²) in [7, 11) is 0. The molecule has 0 unspecified atom stereocenters. The van der Waals surface area contributed by atoms with Gasteiger partial charge in [-0.05, 0) is 42.0 Å². The Balaban J connectivity index is 1.54. The SMILES string of the molecule is O=C(/C=C/c1cc(Br)cc2c1OCOC2)c1ccccc1OCc1ccccc1. The lowest BCUT2D eigenvalue weighted by Gasteiger charge is -2.20. The Morgan fingerprint density at radius 1 is 1.07 bits per heavy atom. The Labute approximate surface area is 177 Å². The predicted molar refractivity (Wildman–Crippen MR) is 115 cm³/mol. The first-order chi connectivity index (χ1) is 14.2. The maximum atomic E-state index is 12.9. The number of halogens is 1. The van der Waals surface area contributed by atoms with E-state index in [1.165, 1.54) is 0 Å². The van der Waals surface area contributed by atoms with E-state index in [1.54, 1.807) is 18.2 Å². The van der Waals surface area contributed by atoms with E-state index >= 15 is 0 Å². The molecule has 5 heteroatoms. The Morgan fingerprint density at radius 3 is 2.72 bits per heavy atom. The molecule has 0 amide bonds. The van der Waals surface area contributed by atoms with E-state index in [4.69, 9.17) is 14.2 Å². The molecule has 0 fully saturated rings. The molecule has 1 heterocycles. The molecule has 4 nitrogen and oxygen atoms in total. The van der Waals surface area contributed by atoms with Gasteiger partial charge in [0.2, 0.25) is 0 Å².